The van der Waals surface area contributed by atoms with Crippen molar-refractivity contribution in [2.24, 2.45) is 0 Å². The molecule has 1 fully saturated rings. The lowest BCUT2D eigenvalue weighted by Gasteiger charge is -2.34. The van der Waals surface area contributed by atoms with Crippen LogP contribution in [0.3, 0.4) is 0 Å². The number of hydrogen-bond donors (Lipinski definition) is 0. The van der Waals surface area contributed by atoms with Crippen LogP contribution >= 0.6 is 23.1 Å². The Morgan fingerprint density at radius 2 is 1.91 bits per heavy atom. The summed E-state index contributed by atoms with van der Waals surface area (Å²) in [6, 6.07) is 12.3. The van der Waals surface area contributed by atoms with E-state index in [0.717, 1.165) is 49.7 Å². The highest BCUT2D eigenvalue weighted by Crippen LogP contribution is 2.37. The maximum absolute atomic E-state index is 13.2. The second kappa shape index (κ2) is 9.74. The van der Waals surface area contributed by atoms with Crippen molar-refractivity contribution in [1.29, 1.82) is 0 Å². The minimum Gasteiger partial charge on any atom is -0.338 e. The molecule has 0 saturated carbocycles. The van der Waals surface area contributed by atoms with Crippen LogP contribution in [0.1, 0.15) is 19.2 Å². The third-order valence-electron chi connectivity index (χ3n) is 5.94. The van der Waals surface area contributed by atoms with Gasteiger partial charge < -0.3 is 9.42 Å². The first-order valence-electron chi connectivity index (χ1n) is 11.0. The molecule has 1 amide bonds. The number of fused-ring (bicyclic) bond motifs is 1. The zero-order valence-corrected chi connectivity index (χ0v) is 19.8. The first kappa shape index (κ1) is 21.6. The molecule has 1 unspecified atom stereocenters. The van der Waals surface area contributed by atoms with Gasteiger partial charge in [0, 0.05) is 42.9 Å². The number of piperazine rings is 1. The molecule has 2 aliphatic heterocycles. The second-order valence-corrected chi connectivity index (χ2v) is 10.7. The zero-order chi connectivity index (χ0) is 21.9. The summed E-state index contributed by atoms with van der Waals surface area (Å²) in [5, 5.41) is 6.62. The molecule has 9 heteroatoms. The van der Waals surface area contributed by atoms with Crippen LogP contribution in [0.4, 0.5) is 5.69 Å². The molecule has 4 heterocycles. The van der Waals surface area contributed by atoms with Gasteiger partial charge in [-0.15, -0.1) is 23.1 Å². The van der Waals surface area contributed by atoms with Crippen molar-refractivity contribution in [3.63, 3.8) is 0 Å². The summed E-state index contributed by atoms with van der Waals surface area (Å²) in [4.78, 5) is 26.5. The second-order valence-electron chi connectivity index (χ2n) is 8.27. The molecule has 2 aliphatic rings. The van der Waals surface area contributed by atoms with E-state index in [9.17, 15) is 4.79 Å². The number of amides is 1. The van der Waals surface area contributed by atoms with Crippen molar-refractivity contribution in [3.05, 3.63) is 47.7 Å². The van der Waals surface area contributed by atoms with Crippen molar-refractivity contribution in [2.45, 2.75) is 30.0 Å². The van der Waals surface area contributed by atoms with Crippen LogP contribution in [0.5, 0.6) is 0 Å². The van der Waals surface area contributed by atoms with Gasteiger partial charge in [-0.2, -0.15) is 4.98 Å². The van der Waals surface area contributed by atoms with Gasteiger partial charge in [0.1, 0.15) is 0 Å². The molecule has 0 aliphatic carbocycles. The summed E-state index contributed by atoms with van der Waals surface area (Å²) in [6.07, 6.45) is 1.01. The third-order valence-corrected chi connectivity index (χ3v) is 8.04. The maximum atomic E-state index is 13.2. The molecule has 1 aromatic carbocycles. The van der Waals surface area contributed by atoms with E-state index < -0.39 is 0 Å². The van der Waals surface area contributed by atoms with Gasteiger partial charge in [-0.3, -0.25) is 14.6 Å². The largest absolute Gasteiger partial charge is 0.338 e. The number of carbonyl (C=O) groups is 1. The third kappa shape index (κ3) is 4.91. The lowest BCUT2D eigenvalue weighted by Crippen LogP contribution is -2.50. The molecule has 0 N–H and O–H groups in total. The monoisotopic (exact) mass is 469 g/mol. The topological polar surface area (TPSA) is 65.7 Å². The number of thioether (sulfide) groups is 1. The fourth-order valence-corrected chi connectivity index (χ4v) is 5.91. The Balaban J connectivity index is 1.15. The average Bonchev–Trinajstić information content (AvgIpc) is 3.45. The first-order valence-corrected chi connectivity index (χ1v) is 12.8. The Labute approximate surface area is 196 Å². The molecular formula is C23H27N5O2S2. The number of hydrogen-bond acceptors (Lipinski definition) is 8. The number of para-hydroxylation sites is 1. The molecule has 7 nitrogen and oxygen atoms in total. The summed E-state index contributed by atoms with van der Waals surface area (Å²) >= 11 is 3.48. The van der Waals surface area contributed by atoms with Gasteiger partial charge in [-0.25, -0.2) is 0 Å². The van der Waals surface area contributed by atoms with Crippen LogP contribution in [0.2, 0.25) is 0 Å². The molecule has 1 saturated heterocycles. The van der Waals surface area contributed by atoms with Crippen LogP contribution in [0.15, 0.2) is 51.2 Å². The summed E-state index contributed by atoms with van der Waals surface area (Å²) in [5.41, 5.74) is 1.06. The molecule has 32 heavy (non-hydrogen) atoms. The molecule has 2 aromatic heterocycles. The number of rotatable bonds is 5. The van der Waals surface area contributed by atoms with E-state index in [2.05, 4.69) is 45.1 Å². The maximum Gasteiger partial charge on any atom is 0.241 e. The number of thiophene rings is 1. The molecule has 0 bridgehead atoms. The Morgan fingerprint density at radius 1 is 1.09 bits per heavy atom. The predicted octanol–water partition coefficient (Wildman–Crippen LogP) is 3.83. The van der Waals surface area contributed by atoms with Crippen molar-refractivity contribution in [3.8, 4) is 10.7 Å². The molecule has 1 atom stereocenters. The average molecular weight is 470 g/mol. The minimum atomic E-state index is 0.193. The van der Waals surface area contributed by atoms with Gasteiger partial charge in [-0.1, -0.05) is 30.3 Å². The van der Waals surface area contributed by atoms with E-state index in [-0.39, 0.29) is 5.91 Å². The van der Waals surface area contributed by atoms with Gasteiger partial charge in [-0.05, 0) is 30.0 Å². The summed E-state index contributed by atoms with van der Waals surface area (Å²) in [7, 11) is 0. The van der Waals surface area contributed by atoms with Gasteiger partial charge >= 0.3 is 0 Å². The van der Waals surface area contributed by atoms with Crippen molar-refractivity contribution < 1.29 is 9.32 Å². The lowest BCUT2D eigenvalue weighted by atomic mass is 10.2. The molecular weight excluding hydrogens is 442 g/mol. The highest BCUT2D eigenvalue weighted by molar-refractivity contribution is 8.00. The van der Waals surface area contributed by atoms with Crippen molar-refractivity contribution in [2.75, 3.05) is 44.2 Å². The van der Waals surface area contributed by atoms with E-state index in [0.29, 0.717) is 30.1 Å². The van der Waals surface area contributed by atoms with E-state index in [1.807, 2.05) is 40.2 Å². The number of benzene rings is 1. The molecule has 0 radical (unpaired) electrons. The minimum absolute atomic E-state index is 0.193. The number of carbonyl (C=O) groups excluding carboxylic acids is 1. The van der Waals surface area contributed by atoms with Crippen LogP contribution in [-0.4, -0.2) is 70.4 Å². The summed E-state index contributed by atoms with van der Waals surface area (Å²) in [6.45, 7) is 7.62. The van der Waals surface area contributed by atoms with Gasteiger partial charge in [0.25, 0.3) is 0 Å². The van der Waals surface area contributed by atoms with E-state index >= 15 is 0 Å². The Morgan fingerprint density at radius 3 is 2.72 bits per heavy atom. The molecule has 3 aromatic rings. The normalized spacial score (nSPS) is 20.2. The summed E-state index contributed by atoms with van der Waals surface area (Å²) in [5.74, 6) is 1.49. The van der Waals surface area contributed by atoms with Crippen LogP contribution in [-0.2, 0) is 11.3 Å². The Hall–Kier alpha value is -2.20. The number of nitrogens with zero attached hydrogens (tertiary/aromatic N) is 5. The summed E-state index contributed by atoms with van der Waals surface area (Å²) < 4.78 is 5.44. The quantitative estimate of drug-likeness (QED) is 0.563. The highest BCUT2D eigenvalue weighted by atomic mass is 32.2. The Kier molecular flexibility index (Phi) is 6.59. The van der Waals surface area contributed by atoms with Gasteiger partial charge in [0.05, 0.1) is 23.7 Å². The SMILES string of the molecule is CC1CCN(C(=O)CN2CCN(Cc3nc(-c4cccs4)no3)CC2)c2ccccc2S1. The smallest absolute Gasteiger partial charge is 0.241 e. The van der Waals surface area contributed by atoms with Crippen LogP contribution < -0.4 is 4.90 Å². The first-order chi connectivity index (χ1) is 15.7. The zero-order valence-electron chi connectivity index (χ0n) is 18.1. The molecule has 5 rings (SSSR count). The van der Waals surface area contributed by atoms with Gasteiger partial charge in [0.15, 0.2) is 0 Å². The van der Waals surface area contributed by atoms with E-state index in [1.165, 1.54) is 4.90 Å². The van der Waals surface area contributed by atoms with E-state index in [1.54, 1.807) is 11.3 Å². The van der Waals surface area contributed by atoms with Crippen molar-refractivity contribution in [1.82, 2.24) is 19.9 Å². The fraction of sp³-hybridized carbons (Fsp3) is 0.435. The predicted molar refractivity (Wildman–Crippen MR) is 128 cm³/mol. The molecule has 168 valence electrons. The van der Waals surface area contributed by atoms with Crippen molar-refractivity contribution >= 4 is 34.7 Å². The number of aromatic nitrogens is 2. The standard InChI is InChI=1S/C23H27N5O2S2/c1-17-8-9-28(18-5-2-3-6-19(18)32-17)22(29)16-27-12-10-26(11-13-27)15-21-24-23(25-30-21)20-7-4-14-31-20/h2-7,14,17H,8-13,15-16H2,1H3. The number of anilines is 1. The molecule has 0 spiro atoms. The lowest BCUT2D eigenvalue weighted by molar-refractivity contribution is -0.120. The fourth-order valence-electron chi connectivity index (χ4n) is 4.14. The Bertz CT molecular complexity index is 1050. The van der Waals surface area contributed by atoms with Gasteiger partial charge in [0.2, 0.25) is 17.6 Å². The van der Waals surface area contributed by atoms with Crippen LogP contribution in [0.25, 0.3) is 10.7 Å². The van der Waals surface area contributed by atoms with Crippen LogP contribution in [0, 0.1) is 0 Å². The highest BCUT2D eigenvalue weighted by Gasteiger charge is 2.27. The van der Waals surface area contributed by atoms with E-state index in [4.69, 9.17) is 4.52 Å².